The maximum Gasteiger partial charge on any atom is 0.433 e. The van der Waals surface area contributed by atoms with E-state index in [9.17, 15) is 18.0 Å². The third kappa shape index (κ3) is 4.59. The average Bonchev–Trinajstić information content (AvgIpc) is 3.25. The van der Waals surface area contributed by atoms with Gasteiger partial charge in [-0.2, -0.15) is 18.3 Å². The predicted octanol–water partition coefficient (Wildman–Crippen LogP) is 4.36. The van der Waals surface area contributed by atoms with E-state index >= 15 is 0 Å². The number of nitrogens with zero attached hydrogens (tertiary/aromatic N) is 3. The molecule has 0 aliphatic rings. The number of alkyl halides is 3. The van der Waals surface area contributed by atoms with E-state index in [2.05, 4.69) is 15.4 Å². The van der Waals surface area contributed by atoms with Gasteiger partial charge in [-0.1, -0.05) is 30.3 Å². The summed E-state index contributed by atoms with van der Waals surface area (Å²) in [7, 11) is 2.89. The van der Waals surface area contributed by atoms with Crippen molar-refractivity contribution in [2.45, 2.75) is 12.7 Å². The molecule has 0 fully saturated rings. The van der Waals surface area contributed by atoms with Crippen LogP contribution in [0.5, 0.6) is 11.5 Å². The molecule has 4 aromatic rings. The van der Waals surface area contributed by atoms with Gasteiger partial charge in [0.25, 0.3) is 5.91 Å². The second-order valence-electron chi connectivity index (χ2n) is 7.06. The normalized spacial score (nSPS) is 11.4. The molecule has 0 saturated heterocycles. The summed E-state index contributed by atoms with van der Waals surface area (Å²) in [5, 5.41) is 6.52. The van der Waals surface area contributed by atoms with Crippen LogP contribution in [0.2, 0.25) is 0 Å². The molecule has 170 valence electrons. The van der Waals surface area contributed by atoms with Crippen LogP contribution in [0.25, 0.3) is 16.9 Å². The molecule has 1 amide bonds. The molecule has 0 unspecified atom stereocenters. The van der Waals surface area contributed by atoms with Gasteiger partial charge in [-0.25, -0.2) is 9.50 Å². The number of fused-ring (bicyclic) bond motifs is 1. The summed E-state index contributed by atoms with van der Waals surface area (Å²) in [4.78, 5) is 16.8. The van der Waals surface area contributed by atoms with E-state index in [-0.39, 0.29) is 23.6 Å². The lowest BCUT2D eigenvalue weighted by molar-refractivity contribution is -0.142. The molecule has 1 N–H and O–H groups in total. The van der Waals surface area contributed by atoms with Crippen LogP contribution >= 0.6 is 0 Å². The van der Waals surface area contributed by atoms with E-state index in [1.165, 1.54) is 26.4 Å². The Labute approximate surface area is 186 Å². The third-order valence-corrected chi connectivity index (χ3v) is 4.93. The number of aromatic nitrogens is 3. The van der Waals surface area contributed by atoms with Gasteiger partial charge < -0.3 is 14.8 Å². The number of nitrogens with one attached hydrogen (secondary N) is 1. The summed E-state index contributed by atoms with van der Waals surface area (Å²) < 4.78 is 52.5. The first-order chi connectivity index (χ1) is 15.8. The Morgan fingerprint density at radius 1 is 1.00 bits per heavy atom. The van der Waals surface area contributed by atoms with Crippen molar-refractivity contribution in [3.8, 4) is 22.8 Å². The van der Waals surface area contributed by atoms with Crippen LogP contribution in [0.15, 0.2) is 60.7 Å². The molecule has 0 aliphatic heterocycles. The average molecular weight is 456 g/mol. The van der Waals surface area contributed by atoms with Gasteiger partial charge in [0.05, 0.1) is 19.9 Å². The van der Waals surface area contributed by atoms with Crippen LogP contribution in [0.4, 0.5) is 13.2 Å². The molecule has 0 atom stereocenters. The summed E-state index contributed by atoms with van der Waals surface area (Å²) in [6.45, 7) is 0.212. The Morgan fingerprint density at radius 3 is 2.39 bits per heavy atom. The Hall–Kier alpha value is -4.08. The standard InChI is InChI=1S/C23H19F3N4O3/c1-32-18-9-8-15(10-19(18)33-2)16-11-20(23(24,25)26)30-21(28-16)12-17(29-30)22(31)27-13-14-6-4-3-5-7-14/h3-12H,13H2,1-2H3,(H,27,31). The fourth-order valence-electron chi connectivity index (χ4n) is 3.30. The molecule has 4 rings (SSSR count). The SMILES string of the molecule is COc1ccc(-c2cc(C(F)(F)F)n3nc(C(=O)NCc4ccccc4)cc3n2)cc1OC. The van der Waals surface area contributed by atoms with E-state index in [1.807, 2.05) is 30.3 Å². The number of carbonyl (C=O) groups excluding carboxylic acids is 1. The van der Waals surface area contributed by atoms with E-state index in [4.69, 9.17) is 9.47 Å². The smallest absolute Gasteiger partial charge is 0.433 e. The number of hydrogen-bond acceptors (Lipinski definition) is 5. The summed E-state index contributed by atoms with van der Waals surface area (Å²) in [5.74, 6) is 0.171. The molecule has 0 spiro atoms. The van der Waals surface area contributed by atoms with E-state index < -0.39 is 17.8 Å². The van der Waals surface area contributed by atoms with Crippen molar-refractivity contribution in [3.63, 3.8) is 0 Å². The second kappa shape index (κ2) is 8.81. The van der Waals surface area contributed by atoms with Gasteiger partial charge in [0.1, 0.15) is 0 Å². The Kier molecular flexibility index (Phi) is 5.91. The quantitative estimate of drug-likeness (QED) is 0.467. The van der Waals surface area contributed by atoms with Crippen molar-refractivity contribution in [1.82, 2.24) is 19.9 Å². The molecule has 2 aromatic carbocycles. The molecular weight excluding hydrogens is 437 g/mol. The zero-order chi connectivity index (χ0) is 23.6. The molecule has 0 radical (unpaired) electrons. The molecule has 33 heavy (non-hydrogen) atoms. The monoisotopic (exact) mass is 456 g/mol. The van der Waals surface area contributed by atoms with Gasteiger partial charge in [-0.3, -0.25) is 4.79 Å². The summed E-state index contributed by atoms with van der Waals surface area (Å²) in [6, 6.07) is 15.9. The highest BCUT2D eigenvalue weighted by atomic mass is 19.4. The van der Waals surface area contributed by atoms with Crippen LogP contribution in [-0.2, 0) is 12.7 Å². The number of carbonyl (C=O) groups is 1. The van der Waals surface area contributed by atoms with Crippen LogP contribution in [0, 0.1) is 0 Å². The zero-order valence-electron chi connectivity index (χ0n) is 17.7. The molecule has 2 heterocycles. The molecule has 2 aromatic heterocycles. The highest BCUT2D eigenvalue weighted by Crippen LogP contribution is 2.35. The summed E-state index contributed by atoms with van der Waals surface area (Å²) >= 11 is 0. The van der Waals surface area contributed by atoms with Crippen molar-refractivity contribution in [1.29, 1.82) is 0 Å². The lowest BCUT2D eigenvalue weighted by Crippen LogP contribution is -2.23. The van der Waals surface area contributed by atoms with Gasteiger partial charge in [0.2, 0.25) is 0 Å². The van der Waals surface area contributed by atoms with Crippen molar-refractivity contribution < 1.29 is 27.4 Å². The lowest BCUT2D eigenvalue weighted by Gasteiger charge is -2.12. The number of methoxy groups -OCH3 is 2. The minimum Gasteiger partial charge on any atom is -0.493 e. The zero-order valence-corrected chi connectivity index (χ0v) is 17.7. The Bertz CT molecular complexity index is 1300. The van der Waals surface area contributed by atoms with Crippen LogP contribution < -0.4 is 14.8 Å². The van der Waals surface area contributed by atoms with Crippen molar-refractivity contribution >= 4 is 11.6 Å². The molecule has 10 heteroatoms. The highest BCUT2D eigenvalue weighted by Gasteiger charge is 2.35. The topological polar surface area (TPSA) is 77.8 Å². The number of halogens is 3. The minimum absolute atomic E-state index is 0.0481. The first-order valence-electron chi connectivity index (χ1n) is 9.82. The van der Waals surface area contributed by atoms with Gasteiger partial charge in [0.15, 0.2) is 28.5 Å². The number of hydrogen-bond donors (Lipinski definition) is 1. The van der Waals surface area contributed by atoms with Crippen molar-refractivity contribution in [2.75, 3.05) is 14.2 Å². The first-order valence-corrected chi connectivity index (χ1v) is 9.82. The number of rotatable bonds is 6. The molecule has 0 bridgehead atoms. The number of benzene rings is 2. The third-order valence-electron chi connectivity index (χ3n) is 4.93. The Morgan fingerprint density at radius 2 is 1.73 bits per heavy atom. The van der Waals surface area contributed by atoms with Gasteiger partial charge >= 0.3 is 6.18 Å². The molecular formula is C23H19F3N4O3. The van der Waals surface area contributed by atoms with Gasteiger partial charge in [-0.15, -0.1) is 0 Å². The van der Waals surface area contributed by atoms with E-state index in [1.54, 1.807) is 12.1 Å². The fourth-order valence-corrected chi connectivity index (χ4v) is 3.30. The lowest BCUT2D eigenvalue weighted by atomic mass is 10.1. The van der Waals surface area contributed by atoms with Gasteiger partial charge in [-0.05, 0) is 29.8 Å². The molecule has 0 saturated carbocycles. The van der Waals surface area contributed by atoms with Crippen LogP contribution in [0.1, 0.15) is 21.7 Å². The maximum atomic E-state index is 13.8. The highest BCUT2D eigenvalue weighted by molar-refractivity contribution is 5.93. The minimum atomic E-state index is -4.73. The first kappa shape index (κ1) is 22.1. The van der Waals surface area contributed by atoms with E-state index in [0.717, 1.165) is 11.6 Å². The van der Waals surface area contributed by atoms with Gasteiger partial charge in [0, 0.05) is 18.2 Å². The summed E-state index contributed by atoms with van der Waals surface area (Å²) in [5.41, 5.74) is -0.0597. The van der Waals surface area contributed by atoms with E-state index in [0.29, 0.717) is 21.6 Å². The Balaban J connectivity index is 1.73. The number of ether oxygens (including phenoxy) is 2. The predicted molar refractivity (Wildman–Crippen MR) is 114 cm³/mol. The molecule has 7 nitrogen and oxygen atoms in total. The second-order valence-corrected chi connectivity index (χ2v) is 7.06. The van der Waals surface area contributed by atoms with Crippen molar-refractivity contribution in [2.24, 2.45) is 0 Å². The van der Waals surface area contributed by atoms with Crippen LogP contribution in [0.3, 0.4) is 0 Å². The van der Waals surface area contributed by atoms with Crippen LogP contribution in [-0.4, -0.2) is 34.7 Å². The number of amides is 1. The summed E-state index contributed by atoms with van der Waals surface area (Å²) in [6.07, 6.45) is -4.73. The maximum absolute atomic E-state index is 13.8. The fraction of sp³-hybridized carbons (Fsp3) is 0.174. The molecule has 0 aliphatic carbocycles. The largest absolute Gasteiger partial charge is 0.493 e. The van der Waals surface area contributed by atoms with Crippen molar-refractivity contribution in [3.05, 3.63) is 77.6 Å².